The van der Waals surface area contributed by atoms with E-state index in [-0.39, 0.29) is 52.8 Å². The highest BCUT2D eigenvalue weighted by molar-refractivity contribution is 7.99. The number of rotatable bonds is 17. The molecule has 2 amide bonds. The van der Waals surface area contributed by atoms with Crippen LogP contribution in [-0.4, -0.2) is 115 Å². The predicted molar refractivity (Wildman–Crippen MR) is 189 cm³/mol. The number of nitrogens with one attached hydrogen (secondary N) is 1. The van der Waals surface area contributed by atoms with E-state index in [0.29, 0.717) is 74.9 Å². The van der Waals surface area contributed by atoms with Gasteiger partial charge in [-0.3, -0.25) is 19.7 Å². The van der Waals surface area contributed by atoms with Crippen molar-refractivity contribution in [1.29, 1.82) is 0 Å². The Morgan fingerprint density at radius 1 is 1.06 bits per heavy atom. The molecule has 0 bridgehead atoms. The van der Waals surface area contributed by atoms with E-state index in [2.05, 4.69) is 5.32 Å². The van der Waals surface area contributed by atoms with Gasteiger partial charge >= 0.3 is 0 Å². The molecule has 2 fully saturated rings. The van der Waals surface area contributed by atoms with Crippen LogP contribution < -0.4 is 24.3 Å². The first-order valence-electron chi connectivity index (χ1n) is 17.3. The molecule has 0 saturated carbocycles. The summed E-state index contributed by atoms with van der Waals surface area (Å²) in [5.74, 6) is 1.69. The number of likely N-dealkylation sites (tertiary alicyclic amines) is 1. The van der Waals surface area contributed by atoms with E-state index in [1.807, 2.05) is 13.8 Å². The van der Waals surface area contributed by atoms with Gasteiger partial charge in [0, 0.05) is 38.4 Å². The average molecular weight is 717 g/mol. The Morgan fingerprint density at radius 3 is 2.42 bits per heavy atom. The van der Waals surface area contributed by atoms with Crippen molar-refractivity contribution in [2.45, 2.75) is 76.0 Å². The summed E-state index contributed by atoms with van der Waals surface area (Å²) in [6.07, 6.45) is 3.68. The summed E-state index contributed by atoms with van der Waals surface area (Å²) in [5.41, 5.74) is 0.589. The fraction of sp³-hybridized carbons (Fsp3) is 0.600. The Hall–Kier alpha value is -3.95. The molecule has 4 atom stereocenters. The normalized spacial score (nSPS) is 20.4. The van der Waals surface area contributed by atoms with Crippen LogP contribution in [0.3, 0.4) is 0 Å². The number of unbranched alkanes of at least 4 members (excludes halogenated alkanes) is 2. The largest absolute Gasteiger partial charge is 0.493 e. The van der Waals surface area contributed by atoms with Crippen LogP contribution in [0.5, 0.6) is 23.0 Å². The highest BCUT2D eigenvalue weighted by Crippen LogP contribution is 2.39. The number of methoxy groups -OCH3 is 2. The van der Waals surface area contributed by atoms with Gasteiger partial charge in [-0.05, 0) is 57.3 Å². The van der Waals surface area contributed by atoms with Crippen molar-refractivity contribution in [2.24, 2.45) is 0 Å². The van der Waals surface area contributed by atoms with Gasteiger partial charge in [0.2, 0.25) is 0 Å². The standard InChI is InChI=1S/C35H48N4O10S/c1-5-47-35(50-6-2)27-11-10-12-37(27)34(42)25-17-30(46-4)32(19-28(25)39(43)44)49-14-9-7-8-13-48-31-18-26-24(16-29(31)45-3)33(41)38-21-23(40)15-22(38)20-36-26/h16-19,22-23,27,35-36,40H,5-15,20-21H2,1-4H3/t22-,23+,27-,35?/m0/s1. The van der Waals surface area contributed by atoms with Gasteiger partial charge in [-0.15, -0.1) is 11.8 Å². The molecule has 3 aliphatic rings. The number of thioether (sulfide) groups is 1. The van der Waals surface area contributed by atoms with E-state index in [1.54, 1.807) is 33.7 Å². The molecule has 3 aliphatic heterocycles. The zero-order valence-corrected chi connectivity index (χ0v) is 30.0. The van der Waals surface area contributed by atoms with E-state index in [0.717, 1.165) is 25.0 Å². The number of aliphatic hydroxyl groups excluding tert-OH is 1. The van der Waals surface area contributed by atoms with Crippen molar-refractivity contribution in [3.05, 3.63) is 45.5 Å². The molecule has 274 valence electrons. The number of carbonyl (C=O) groups is 2. The molecule has 0 spiro atoms. The molecular formula is C35H48N4O10S. The lowest BCUT2D eigenvalue weighted by Crippen LogP contribution is -2.43. The average Bonchev–Trinajstić information content (AvgIpc) is 3.73. The van der Waals surface area contributed by atoms with Gasteiger partial charge in [0.05, 0.1) is 67.9 Å². The lowest BCUT2D eigenvalue weighted by Gasteiger charge is -2.31. The highest BCUT2D eigenvalue weighted by Gasteiger charge is 2.39. The van der Waals surface area contributed by atoms with Crippen molar-refractivity contribution in [1.82, 2.24) is 9.80 Å². The fourth-order valence-electron chi connectivity index (χ4n) is 6.84. The summed E-state index contributed by atoms with van der Waals surface area (Å²) in [6.45, 7) is 6.50. The number of fused-ring (bicyclic) bond motifs is 2. The van der Waals surface area contributed by atoms with Crippen LogP contribution in [-0.2, 0) is 4.74 Å². The molecule has 0 aliphatic carbocycles. The van der Waals surface area contributed by atoms with Crippen LogP contribution in [0.25, 0.3) is 0 Å². The molecule has 2 N–H and O–H groups in total. The van der Waals surface area contributed by atoms with E-state index in [9.17, 15) is 24.8 Å². The number of ether oxygens (including phenoxy) is 5. The second kappa shape index (κ2) is 17.3. The molecule has 0 radical (unpaired) electrons. The van der Waals surface area contributed by atoms with Gasteiger partial charge in [0.15, 0.2) is 23.0 Å². The Morgan fingerprint density at radius 2 is 1.76 bits per heavy atom. The Labute approximate surface area is 296 Å². The number of amides is 2. The lowest BCUT2D eigenvalue weighted by atomic mass is 10.1. The molecule has 14 nitrogen and oxygen atoms in total. The smallest absolute Gasteiger partial charge is 0.286 e. The monoisotopic (exact) mass is 716 g/mol. The maximum absolute atomic E-state index is 13.7. The first-order valence-corrected chi connectivity index (χ1v) is 18.4. The number of benzene rings is 2. The molecule has 3 heterocycles. The van der Waals surface area contributed by atoms with Crippen molar-refractivity contribution >= 4 is 35.0 Å². The summed E-state index contributed by atoms with van der Waals surface area (Å²) < 4.78 is 28.9. The molecule has 15 heteroatoms. The van der Waals surface area contributed by atoms with Crippen molar-refractivity contribution in [2.75, 3.05) is 64.7 Å². The number of nitro benzene ring substituents is 1. The number of hydrogen-bond acceptors (Lipinski definition) is 12. The third kappa shape index (κ3) is 8.32. The third-order valence-electron chi connectivity index (χ3n) is 9.26. The first kappa shape index (κ1) is 37.3. The molecule has 2 aromatic rings. The van der Waals surface area contributed by atoms with Crippen LogP contribution in [0.15, 0.2) is 24.3 Å². The molecule has 2 saturated heterocycles. The van der Waals surface area contributed by atoms with Crippen LogP contribution in [0, 0.1) is 10.1 Å². The van der Waals surface area contributed by atoms with Crippen LogP contribution >= 0.6 is 11.8 Å². The zero-order chi connectivity index (χ0) is 35.8. The Kier molecular flexibility index (Phi) is 12.9. The van der Waals surface area contributed by atoms with E-state index in [1.165, 1.54) is 26.4 Å². The summed E-state index contributed by atoms with van der Waals surface area (Å²) in [5, 5.41) is 25.5. The minimum absolute atomic E-state index is 0.0352. The van der Waals surface area contributed by atoms with Gasteiger partial charge in [-0.1, -0.05) is 6.92 Å². The quantitative estimate of drug-likeness (QED) is 0.0981. The topological polar surface area (TPSA) is 162 Å². The minimum Gasteiger partial charge on any atom is -0.493 e. The van der Waals surface area contributed by atoms with Crippen molar-refractivity contribution in [3.63, 3.8) is 0 Å². The number of anilines is 1. The molecule has 5 rings (SSSR count). The Balaban J connectivity index is 1.16. The number of hydrogen-bond donors (Lipinski definition) is 2. The van der Waals surface area contributed by atoms with Crippen LogP contribution in [0.2, 0.25) is 0 Å². The van der Waals surface area contributed by atoms with Gasteiger partial charge in [0.1, 0.15) is 11.0 Å². The number of nitro groups is 1. The summed E-state index contributed by atoms with van der Waals surface area (Å²) in [4.78, 5) is 41.9. The maximum atomic E-state index is 13.7. The van der Waals surface area contributed by atoms with Gasteiger partial charge in [0.25, 0.3) is 17.5 Å². The van der Waals surface area contributed by atoms with Gasteiger partial charge in [-0.2, -0.15) is 0 Å². The third-order valence-corrected chi connectivity index (χ3v) is 10.4. The highest BCUT2D eigenvalue weighted by atomic mass is 32.2. The SMILES string of the molecule is CCOC(SCC)[C@@H]1CCCN1C(=O)c1cc(OC)c(OCCCCCOc2cc3c(cc2OC)C(=O)N2C[C@H](O)C[C@H]2CN3)cc1[N+](=O)[O-]. The molecule has 50 heavy (non-hydrogen) atoms. The van der Waals surface area contributed by atoms with E-state index < -0.39 is 16.9 Å². The maximum Gasteiger partial charge on any atom is 0.286 e. The summed E-state index contributed by atoms with van der Waals surface area (Å²) >= 11 is 1.63. The molecule has 0 aromatic heterocycles. The second-order valence-electron chi connectivity index (χ2n) is 12.5. The number of nitrogens with zero attached hydrogens (tertiary/aromatic N) is 3. The number of aliphatic hydroxyl groups is 1. The second-order valence-corrected chi connectivity index (χ2v) is 13.8. The van der Waals surface area contributed by atoms with Crippen LogP contribution in [0.1, 0.15) is 73.1 Å². The fourth-order valence-corrected chi connectivity index (χ4v) is 7.91. The number of carbonyl (C=O) groups excluding carboxylic acids is 2. The molecule has 2 aromatic carbocycles. The van der Waals surface area contributed by atoms with Gasteiger partial charge in [-0.25, -0.2) is 0 Å². The lowest BCUT2D eigenvalue weighted by molar-refractivity contribution is -0.385. The molecule has 1 unspecified atom stereocenters. The van der Waals surface area contributed by atoms with Crippen LogP contribution in [0.4, 0.5) is 11.4 Å². The van der Waals surface area contributed by atoms with Crippen molar-refractivity contribution < 1.29 is 43.3 Å². The van der Waals surface area contributed by atoms with Gasteiger partial charge < -0.3 is 43.9 Å². The predicted octanol–water partition coefficient (Wildman–Crippen LogP) is 4.96. The zero-order valence-electron chi connectivity index (χ0n) is 29.2. The van der Waals surface area contributed by atoms with Crippen molar-refractivity contribution in [3.8, 4) is 23.0 Å². The summed E-state index contributed by atoms with van der Waals surface area (Å²) in [6, 6.07) is 5.90. The van der Waals surface area contributed by atoms with E-state index >= 15 is 0 Å². The molecular weight excluding hydrogens is 668 g/mol. The minimum atomic E-state index is -0.557. The van der Waals surface area contributed by atoms with E-state index in [4.69, 9.17) is 23.7 Å². The Bertz CT molecular complexity index is 1520. The first-order chi connectivity index (χ1) is 24.2. The summed E-state index contributed by atoms with van der Waals surface area (Å²) in [7, 11) is 2.97.